The molecular weight excluding hydrogens is 557 g/mol. The van der Waals surface area contributed by atoms with Gasteiger partial charge in [0.1, 0.15) is 17.6 Å². The number of carbonyl (C=O) groups is 2. The third-order valence-electron chi connectivity index (χ3n) is 6.36. The quantitative estimate of drug-likeness (QED) is 0.318. The first-order valence-electron chi connectivity index (χ1n) is 12.6. The average Bonchev–Trinajstić information content (AvgIpc) is 2.93. The molecular formula is C29H33ClFN3O5S. The average molecular weight is 590 g/mol. The Hall–Kier alpha value is -3.63. The van der Waals surface area contributed by atoms with E-state index in [1.807, 2.05) is 30.3 Å². The second-order valence-corrected chi connectivity index (χ2v) is 11.5. The van der Waals surface area contributed by atoms with Crippen LogP contribution in [0.5, 0.6) is 5.75 Å². The number of likely N-dealkylation sites (N-methyl/N-ethyl adjacent to an activating group) is 1. The number of ether oxygens (including phenoxy) is 1. The van der Waals surface area contributed by atoms with Gasteiger partial charge in [0.15, 0.2) is 0 Å². The van der Waals surface area contributed by atoms with Crippen molar-refractivity contribution in [3.63, 3.8) is 0 Å². The molecule has 40 heavy (non-hydrogen) atoms. The molecule has 0 saturated carbocycles. The number of rotatable bonds is 13. The third kappa shape index (κ3) is 8.43. The molecule has 8 nitrogen and oxygen atoms in total. The molecule has 0 bridgehead atoms. The molecule has 0 aliphatic carbocycles. The summed E-state index contributed by atoms with van der Waals surface area (Å²) in [4.78, 5) is 28.1. The number of methoxy groups -OCH3 is 1. The zero-order valence-corrected chi connectivity index (χ0v) is 24.2. The summed E-state index contributed by atoms with van der Waals surface area (Å²) in [7, 11) is -0.725. The Balaban J connectivity index is 1.84. The van der Waals surface area contributed by atoms with Gasteiger partial charge in [-0.15, -0.1) is 0 Å². The Morgan fingerprint density at radius 1 is 1.02 bits per heavy atom. The predicted octanol–water partition coefficient (Wildman–Crippen LogP) is 4.42. The van der Waals surface area contributed by atoms with Crippen LogP contribution in [0.2, 0.25) is 5.02 Å². The van der Waals surface area contributed by atoms with Crippen LogP contribution < -0.4 is 14.4 Å². The van der Waals surface area contributed by atoms with Crippen molar-refractivity contribution in [2.24, 2.45) is 0 Å². The zero-order chi connectivity index (χ0) is 29.3. The van der Waals surface area contributed by atoms with Crippen LogP contribution in [-0.2, 0) is 32.6 Å². The molecule has 1 N–H and O–H groups in total. The van der Waals surface area contributed by atoms with Crippen molar-refractivity contribution in [3.8, 4) is 5.75 Å². The Kier molecular flexibility index (Phi) is 10.9. The number of hydrogen-bond acceptors (Lipinski definition) is 5. The summed E-state index contributed by atoms with van der Waals surface area (Å²) < 4.78 is 45.0. The Bertz CT molecular complexity index is 1400. The Morgan fingerprint density at radius 2 is 1.70 bits per heavy atom. The van der Waals surface area contributed by atoms with E-state index in [-0.39, 0.29) is 49.2 Å². The minimum atomic E-state index is -3.69. The van der Waals surface area contributed by atoms with Gasteiger partial charge in [0.05, 0.1) is 24.1 Å². The number of amides is 2. The molecule has 0 aliphatic heterocycles. The monoisotopic (exact) mass is 589 g/mol. The fraction of sp³-hybridized carbons (Fsp3) is 0.310. The van der Waals surface area contributed by atoms with Crippen molar-refractivity contribution in [2.45, 2.75) is 31.8 Å². The molecule has 3 rings (SSSR count). The first-order chi connectivity index (χ1) is 19.0. The molecule has 1 atom stereocenters. The summed E-state index contributed by atoms with van der Waals surface area (Å²) in [6, 6.07) is 18.9. The third-order valence-corrected chi connectivity index (χ3v) is 7.85. The van der Waals surface area contributed by atoms with E-state index in [0.29, 0.717) is 17.0 Å². The minimum Gasteiger partial charge on any atom is -0.495 e. The van der Waals surface area contributed by atoms with E-state index < -0.39 is 21.9 Å². The summed E-state index contributed by atoms with van der Waals surface area (Å²) in [6.07, 6.45) is 1.50. The number of nitrogens with one attached hydrogen (secondary N) is 1. The molecule has 214 valence electrons. The summed E-state index contributed by atoms with van der Waals surface area (Å²) in [5.74, 6) is -0.683. The van der Waals surface area contributed by atoms with Crippen molar-refractivity contribution in [2.75, 3.05) is 31.3 Å². The van der Waals surface area contributed by atoms with Gasteiger partial charge in [0.25, 0.3) is 0 Å². The molecule has 0 unspecified atom stereocenters. The van der Waals surface area contributed by atoms with E-state index in [1.54, 1.807) is 24.3 Å². The molecule has 0 aromatic heterocycles. The summed E-state index contributed by atoms with van der Waals surface area (Å²) in [5.41, 5.74) is 1.87. The molecule has 0 radical (unpaired) electrons. The van der Waals surface area contributed by atoms with Crippen LogP contribution in [0.4, 0.5) is 10.1 Å². The number of halogens is 2. The highest BCUT2D eigenvalue weighted by molar-refractivity contribution is 7.92. The van der Waals surface area contributed by atoms with Gasteiger partial charge < -0.3 is 15.0 Å². The molecule has 0 aliphatic rings. The molecule has 0 fully saturated rings. The summed E-state index contributed by atoms with van der Waals surface area (Å²) in [6.45, 7) is 0.0921. The van der Waals surface area contributed by atoms with E-state index in [0.717, 1.165) is 11.8 Å². The lowest BCUT2D eigenvalue weighted by Crippen LogP contribution is -2.49. The Morgan fingerprint density at radius 3 is 2.27 bits per heavy atom. The van der Waals surface area contributed by atoms with E-state index in [2.05, 4.69) is 5.32 Å². The van der Waals surface area contributed by atoms with Crippen LogP contribution in [0.25, 0.3) is 0 Å². The maximum absolute atomic E-state index is 13.6. The molecule has 0 saturated heterocycles. The lowest BCUT2D eigenvalue weighted by Gasteiger charge is -2.31. The van der Waals surface area contributed by atoms with E-state index in [4.69, 9.17) is 16.3 Å². The lowest BCUT2D eigenvalue weighted by atomic mass is 10.0. The van der Waals surface area contributed by atoms with Crippen LogP contribution in [0.3, 0.4) is 0 Å². The van der Waals surface area contributed by atoms with Crippen LogP contribution in [0.15, 0.2) is 72.8 Å². The van der Waals surface area contributed by atoms with Crippen molar-refractivity contribution >= 4 is 39.1 Å². The number of sulfonamides is 1. The molecule has 3 aromatic rings. The van der Waals surface area contributed by atoms with Crippen molar-refractivity contribution in [1.29, 1.82) is 0 Å². The fourth-order valence-corrected chi connectivity index (χ4v) is 5.53. The maximum Gasteiger partial charge on any atom is 0.242 e. The van der Waals surface area contributed by atoms with Gasteiger partial charge in [-0.1, -0.05) is 54.1 Å². The SMILES string of the molecule is CNC(=O)[C@H](Cc1ccccc1)N(Cc1ccc(F)cc1)C(=O)CCCN(c1ccc(OC)c(Cl)c1)S(C)(=O)=O. The molecule has 2 amide bonds. The fourth-order valence-electron chi connectivity index (χ4n) is 4.32. The number of anilines is 1. The normalized spacial score (nSPS) is 11.9. The van der Waals surface area contributed by atoms with Crippen LogP contribution in [0, 0.1) is 5.82 Å². The van der Waals surface area contributed by atoms with Gasteiger partial charge in [-0.2, -0.15) is 0 Å². The minimum absolute atomic E-state index is 0.0148. The molecule has 0 spiro atoms. The van der Waals surface area contributed by atoms with Gasteiger partial charge in [0, 0.05) is 33.0 Å². The van der Waals surface area contributed by atoms with E-state index in [1.165, 1.54) is 41.6 Å². The van der Waals surface area contributed by atoms with Gasteiger partial charge in [0.2, 0.25) is 21.8 Å². The lowest BCUT2D eigenvalue weighted by molar-refractivity contribution is -0.141. The predicted molar refractivity (Wildman–Crippen MR) is 154 cm³/mol. The van der Waals surface area contributed by atoms with E-state index >= 15 is 0 Å². The summed E-state index contributed by atoms with van der Waals surface area (Å²) in [5, 5.41) is 2.90. The molecule has 0 heterocycles. The molecule has 11 heteroatoms. The van der Waals surface area contributed by atoms with E-state index in [9.17, 15) is 22.4 Å². The topological polar surface area (TPSA) is 96.0 Å². The van der Waals surface area contributed by atoms with Crippen molar-refractivity contribution in [1.82, 2.24) is 10.2 Å². The standard InChI is InChI=1S/C29H33ClFN3O5S/c1-32-29(36)26(18-21-8-5-4-6-9-21)33(20-22-11-13-23(31)14-12-22)28(35)10-7-17-34(40(3,37)38)24-15-16-27(39-2)25(30)19-24/h4-6,8-9,11-16,19,26H,7,10,17-18,20H2,1-3H3,(H,32,36)/t26-/m0/s1. The first kappa shape index (κ1) is 30.9. The Labute approximate surface area is 239 Å². The van der Waals surface area contributed by atoms with Gasteiger partial charge in [-0.3, -0.25) is 13.9 Å². The van der Waals surface area contributed by atoms with Crippen molar-refractivity contribution in [3.05, 3.63) is 94.8 Å². The van der Waals surface area contributed by atoms with Crippen LogP contribution in [-0.4, -0.2) is 58.1 Å². The first-order valence-corrected chi connectivity index (χ1v) is 14.9. The van der Waals surface area contributed by atoms with Crippen LogP contribution in [0.1, 0.15) is 24.0 Å². The van der Waals surface area contributed by atoms with Gasteiger partial charge in [-0.25, -0.2) is 12.8 Å². The second-order valence-electron chi connectivity index (χ2n) is 9.23. The van der Waals surface area contributed by atoms with Gasteiger partial charge >= 0.3 is 0 Å². The summed E-state index contributed by atoms with van der Waals surface area (Å²) >= 11 is 6.21. The number of hydrogen-bond donors (Lipinski definition) is 1. The van der Waals surface area contributed by atoms with Crippen LogP contribution >= 0.6 is 11.6 Å². The zero-order valence-electron chi connectivity index (χ0n) is 22.6. The highest BCUT2D eigenvalue weighted by atomic mass is 35.5. The second kappa shape index (κ2) is 14.1. The van der Waals surface area contributed by atoms with Crippen molar-refractivity contribution < 1.29 is 27.1 Å². The highest BCUT2D eigenvalue weighted by Gasteiger charge is 2.30. The maximum atomic E-state index is 13.6. The molecule has 3 aromatic carbocycles. The number of nitrogens with zero attached hydrogens (tertiary/aromatic N) is 2. The number of carbonyl (C=O) groups excluding carboxylic acids is 2. The largest absolute Gasteiger partial charge is 0.495 e. The number of benzene rings is 3. The smallest absolute Gasteiger partial charge is 0.242 e. The van der Waals surface area contributed by atoms with Gasteiger partial charge in [-0.05, 0) is 47.9 Å². The highest BCUT2D eigenvalue weighted by Crippen LogP contribution is 2.30.